The van der Waals surface area contributed by atoms with E-state index in [0.717, 1.165) is 19.3 Å². The van der Waals surface area contributed by atoms with Gasteiger partial charge in [-0.2, -0.15) is 0 Å². The topological polar surface area (TPSA) is 106 Å². The molecular weight excluding hydrogens is 364 g/mol. The molecule has 0 fully saturated rings. The van der Waals surface area contributed by atoms with Crippen LogP contribution in [0.3, 0.4) is 0 Å². The zero-order chi connectivity index (χ0) is 20.4. The van der Waals surface area contributed by atoms with Crippen molar-refractivity contribution in [1.29, 1.82) is 0 Å². The van der Waals surface area contributed by atoms with Gasteiger partial charge in [0.15, 0.2) is 12.4 Å². The number of unbranched alkanes of at least 4 members (excludes halogenated alkanes) is 6. The maximum Gasteiger partial charge on any atom is 0.383 e. The number of benzene rings is 1. The molecule has 0 aliphatic heterocycles. The lowest BCUT2D eigenvalue weighted by atomic mass is 10.1. The molecule has 0 saturated carbocycles. The second kappa shape index (κ2) is 11.0. The normalized spacial score (nSPS) is 11.2. The van der Waals surface area contributed by atoms with Gasteiger partial charge < -0.3 is 24.1 Å². The Morgan fingerprint density at radius 3 is 2.68 bits per heavy atom. The van der Waals surface area contributed by atoms with Gasteiger partial charge in [0, 0.05) is 6.07 Å². The van der Waals surface area contributed by atoms with Crippen molar-refractivity contribution in [3.8, 4) is 17.2 Å². The molecule has 0 amide bonds. The maximum atomic E-state index is 12.1. The van der Waals surface area contributed by atoms with E-state index in [9.17, 15) is 14.7 Å². The minimum Gasteiger partial charge on any atom is -0.504 e. The third-order valence-electron chi connectivity index (χ3n) is 4.18. The van der Waals surface area contributed by atoms with Crippen molar-refractivity contribution in [1.82, 2.24) is 0 Å². The first-order valence-corrected chi connectivity index (χ1v) is 9.49. The second-order valence-corrected chi connectivity index (χ2v) is 6.45. The summed E-state index contributed by atoms with van der Waals surface area (Å²) in [5.74, 6) is -1.53. The zero-order valence-corrected chi connectivity index (χ0v) is 16.0. The molecule has 7 heteroatoms. The lowest BCUT2D eigenvalue weighted by molar-refractivity contribution is -0.139. The minimum absolute atomic E-state index is 0.0776. The van der Waals surface area contributed by atoms with E-state index in [-0.39, 0.29) is 28.2 Å². The van der Waals surface area contributed by atoms with Crippen LogP contribution in [0.1, 0.15) is 51.9 Å². The van der Waals surface area contributed by atoms with Crippen LogP contribution >= 0.6 is 0 Å². The zero-order valence-electron chi connectivity index (χ0n) is 16.0. The van der Waals surface area contributed by atoms with E-state index >= 15 is 0 Å². The first-order chi connectivity index (χ1) is 13.5. The molecule has 0 aliphatic carbocycles. The Morgan fingerprint density at radius 2 is 1.93 bits per heavy atom. The quantitative estimate of drug-likeness (QED) is 0.310. The third kappa shape index (κ3) is 6.33. The molecule has 0 spiro atoms. The van der Waals surface area contributed by atoms with Gasteiger partial charge in [-0.05, 0) is 31.1 Å². The number of carboxylic acid groups (broad SMARTS) is 1. The van der Waals surface area contributed by atoms with Crippen molar-refractivity contribution >= 4 is 16.9 Å². The van der Waals surface area contributed by atoms with Crippen molar-refractivity contribution in [2.75, 3.05) is 6.61 Å². The fraction of sp³-hybridized carbons (Fsp3) is 0.429. The lowest BCUT2D eigenvalue weighted by Crippen LogP contribution is -2.09. The molecule has 2 N–H and O–H groups in total. The van der Waals surface area contributed by atoms with Gasteiger partial charge in [0.05, 0.1) is 11.6 Å². The van der Waals surface area contributed by atoms with Crippen molar-refractivity contribution in [3.63, 3.8) is 0 Å². The Bertz CT molecular complexity index is 867. The third-order valence-corrected chi connectivity index (χ3v) is 4.18. The molecule has 2 aromatic rings. The van der Waals surface area contributed by atoms with E-state index in [1.165, 1.54) is 50.1 Å². The molecular formula is C21H26O7. The molecule has 1 heterocycles. The number of fused-ring (bicyclic) bond motifs is 1. The fourth-order valence-corrected chi connectivity index (χ4v) is 2.71. The number of aliphatic carboxylic acids is 1. The highest BCUT2D eigenvalue weighted by Gasteiger charge is 2.15. The number of carboxylic acids is 1. The summed E-state index contributed by atoms with van der Waals surface area (Å²) in [6, 6.07) is 4.29. The smallest absolute Gasteiger partial charge is 0.383 e. The van der Waals surface area contributed by atoms with Crippen LogP contribution in [0, 0.1) is 0 Å². The standard InChI is InChI=1S/C21H26O7/c1-2-3-4-5-6-7-8-9-12-26-20-19(24)16-11-10-15(27-14-18(22)23)13-17(16)28-21(20)25/h9-13,24H,2-8,14H2,1H3,(H,22,23)/b12-9+. The number of ether oxygens (including phenoxy) is 2. The van der Waals surface area contributed by atoms with Crippen LogP contribution < -0.4 is 15.1 Å². The average molecular weight is 390 g/mol. The molecule has 0 saturated heterocycles. The van der Waals surface area contributed by atoms with Crippen LogP contribution in [-0.2, 0) is 4.79 Å². The Kier molecular flexibility index (Phi) is 8.39. The van der Waals surface area contributed by atoms with Crippen LogP contribution in [-0.4, -0.2) is 22.8 Å². The molecule has 1 aromatic heterocycles. The number of hydrogen-bond donors (Lipinski definition) is 2. The van der Waals surface area contributed by atoms with E-state index in [4.69, 9.17) is 19.0 Å². The Hall–Kier alpha value is -2.96. The summed E-state index contributed by atoms with van der Waals surface area (Å²) in [7, 11) is 0. The number of allylic oxidation sites excluding steroid dienone is 1. The van der Waals surface area contributed by atoms with E-state index < -0.39 is 18.2 Å². The molecule has 0 radical (unpaired) electrons. The van der Waals surface area contributed by atoms with Crippen LogP contribution in [0.25, 0.3) is 11.0 Å². The first-order valence-electron chi connectivity index (χ1n) is 9.49. The summed E-state index contributed by atoms with van der Waals surface area (Å²) >= 11 is 0. The number of carbonyl (C=O) groups is 1. The van der Waals surface area contributed by atoms with Crippen molar-refractivity contribution in [2.45, 2.75) is 51.9 Å². The molecule has 0 bridgehead atoms. The van der Waals surface area contributed by atoms with E-state index in [1.807, 2.05) is 6.08 Å². The summed E-state index contributed by atoms with van der Waals surface area (Å²) in [6.07, 6.45) is 11.2. The minimum atomic E-state index is -1.12. The summed E-state index contributed by atoms with van der Waals surface area (Å²) in [5.41, 5.74) is -0.751. The van der Waals surface area contributed by atoms with Crippen LogP contribution in [0.2, 0.25) is 0 Å². The van der Waals surface area contributed by atoms with Gasteiger partial charge >= 0.3 is 11.6 Å². The molecule has 28 heavy (non-hydrogen) atoms. The Balaban J connectivity index is 1.97. The van der Waals surface area contributed by atoms with Gasteiger partial charge in [0.1, 0.15) is 11.3 Å². The average Bonchev–Trinajstić information content (AvgIpc) is 2.67. The largest absolute Gasteiger partial charge is 0.504 e. The first kappa shape index (κ1) is 21.3. The molecule has 1 aromatic carbocycles. The molecule has 0 atom stereocenters. The maximum absolute atomic E-state index is 12.1. The van der Waals surface area contributed by atoms with E-state index in [1.54, 1.807) is 0 Å². The number of aromatic hydroxyl groups is 1. The van der Waals surface area contributed by atoms with Gasteiger partial charge in [-0.25, -0.2) is 9.59 Å². The predicted molar refractivity (Wildman–Crippen MR) is 105 cm³/mol. The number of rotatable bonds is 12. The molecule has 2 rings (SSSR count). The van der Waals surface area contributed by atoms with Crippen molar-refractivity contribution in [3.05, 3.63) is 41.0 Å². The van der Waals surface area contributed by atoms with Gasteiger partial charge in [0.25, 0.3) is 5.75 Å². The monoisotopic (exact) mass is 390 g/mol. The highest BCUT2D eigenvalue weighted by Crippen LogP contribution is 2.33. The van der Waals surface area contributed by atoms with Crippen LogP contribution in [0.15, 0.2) is 39.7 Å². The Labute approximate surface area is 163 Å². The number of hydrogen-bond acceptors (Lipinski definition) is 6. The summed E-state index contributed by atoms with van der Waals surface area (Å²) in [4.78, 5) is 22.6. The molecule has 7 nitrogen and oxygen atoms in total. The predicted octanol–water partition coefficient (Wildman–Crippen LogP) is 4.61. The Morgan fingerprint density at radius 1 is 1.18 bits per heavy atom. The van der Waals surface area contributed by atoms with Crippen molar-refractivity contribution < 1.29 is 28.9 Å². The highest BCUT2D eigenvalue weighted by molar-refractivity contribution is 5.86. The second-order valence-electron chi connectivity index (χ2n) is 6.45. The van der Waals surface area contributed by atoms with Crippen LogP contribution in [0.5, 0.6) is 17.2 Å². The van der Waals surface area contributed by atoms with Gasteiger partial charge in [-0.15, -0.1) is 0 Å². The molecule has 0 aliphatic rings. The highest BCUT2D eigenvalue weighted by atomic mass is 16.5. The van der Waals surface area contributed by atoms with Crippen LogP contribution in [0.4, 0.5) is 0 Å². The lowest BCUT2D eigenvalue weighted by Gasteiger charge is -2.07. The van der Waals surface area contributed by atoms with Crippen molar-refractivity contribution in [2.24, 2.45) is 0 Å². The van der Waals surface area contributed by atoms with E-state index in [0.29, 0.717) is 0 Å². The SMILES string of the molecule is CCCCCCCC/C=C/Oc1c(O)c2ccc(OCC(=O)O)cc2oc1=O. The summed E-state index contributed by atoms with van der Waals surface area (Å²) < 4.78 is 15.5. The van der Waals surface area contributed by atoms with Gasteiger partial charge in [-0.3, -0.25) is 0 Å². The summed E-state index contributed by atoms with van der Waals surface area (Å²) in [6.45, 7) is 1.66. The van der Waals surface area contributed by atoms with E-state index in [2.05, 4.69) is 6.92 Å². The summed E-state index contributed by atoms with van der Waals surface area (Å²) in [5, 5.41) is 19.2. The fourth-order valence-electron chi connectivity index (χ4n) is 2.71. The van der Waals surface area contributed by atoms with Gasteiger partial charge in [0.2, 0.25) is 0 Å². The molecule has 152 valence electrons. The van der Waals surface area contributed by atoms with Gasteiger partial charge in [-0.1, -0.05) is 39.0 Å². The molecule has 0 unspecified atom stereocenters.